The van der Waals surface area contributed by atoms with Crippen LogP contribution in [0, 0.1) is 6.42 Å². The molecule has 0 fully saturated rings. The molecule has 0 heterocycles. The molecule has 1 heteroatoms. The summed E-state index contributed by atoms with van der Waals surface area (Å²) in [4.78, 5) is 0. The van der Waals surface area contributed by atoms with Crippen molar-refractivity contribution < 1.29 is 5.11 Å². The number of aliphatic hydroxyl groups is 1. The second-order valence-electron chi connectivity index (χ2n) is 3.82. The third-order valence-electron chi connectivity index (χ3n) is 1.78. The van der Waals surface area contributed by atoms with Crippen LogP contribution in [0.1, 0.15) is 52.9 Å². The first-order valence-electron chi connectivity index (χ1n) is 4.56. The van der Waals surface area contributed by atoms with E-state index in [-0.39, 0.29) is 0 Å². The summed E-state index contributed by atoms with van der Waals surface area (Å²) in [5.41, 5.74) is -0.462. The molecule has 11 heavy (non-hydrogen) atoms. The molecule has 0 unspecified atom stereocenters. The lowest BCUT2D eigenvalue weighted by Gasteiger charge is -2.16. The minimum Gasteiger partial charge on any atom is -0.390 e. The Morgan fingerprint density at radius 1 is 1.18 bits per heavy atom. The van der Waals surface area contributed by atoms with Gasteiger partial charge in [-0.25, -0.2) is 0 Å². The third-order valence-corrected chi connectivity index (χ3v) is 1.78. The molecule has 0 saturated heterocycles. The van der Waals surface area contributed by atoms with Gasteiger partial charge >= 0.3 is 0 Å². The lowest BCUT2D eigenvalue weighted by Crippen LogP contribution is -2.17. The van der Waals surface area contributed by atoms with Gasteiger partial charge in [0.2, 0.25) is 0 Å². The summed E-state index contributed by atoms with van der Waals surface area (Å²) in [6.07, 6.45) is 8.00. The van der Waals surface area contributed by atoms with Crippen molar-refractivity contribution in [1.82, 2.24) is 0 Å². The van der Waals surface area contributed by atoms with Crippen molar-refractivity contribution in [3.63, 3.8) is 0 Å². The zero-order valence-electron chi connectivity index (χ0n) is 8.06. The van der Waals surface area contributed by atoms with Crippen LogP contribution in [-0.2, 0) is 0 Å². The molecule has 0 atom stereocenters. The molecule has 0 aliphatic heterocycles. The van der Waals surface area contributed by atoms with Crippen molar-refractivity contribution in [1.29, 1.82) is 0 Å². The minimum atomic E-state index is -0.462. The highest BCUT2D eigenvalue weighted by Crippen LogP contribution is 2.13. The number of hydrogen-bond acceptors (Lipinski definition) is 1. The van der Waals surface area contributed by atoms with Gasteiger partial charge in [0.25, 0.3) is 0 Å². The molecular formula is C10H21O. The van der Waals surface area contributed by atoms with Gasteiger partial charge in [-0.1, -0.05) is 32.6 Å². The second kappa shape index (κ2) is 5.59. The Bertz CT molecular complexity index is 81.4. The van der Waals surface area contributed by atoms with E-state index < -0.39 is 5.60 Å². The molecule has 1 radical (unpaired) electrons. The van der Waals surface area contributed by atoms with Gasteiger partial charge in [-0.3, -0.25) is 0 Å². The monoisotopic (exact) mass is 157 g/mol. The molecule has 0 aromatic rings. The van der Waals surface area contributed by atoms with Crippen molar-refractivity contribution in [3.8, 4) is 0 Å². The van der Waals surface area contributed by atoms with Gasteiger partial charge in [-0.2, -0.15) is 0 Å². The average molecular weight is 157 g/mol. The zero-order valence-corrected chi connectivity index (χ0v) is 8.06. The largest absolute Gasteiger partial charge is 0.390 e. The molecule has 1 N–H and O–H groups in total. The standard InChI is InChI=1S/C10H21O/c1-4-5-6-7-8-9-10(2,3)11/h4,11H,5-9H2,1-3H3. The molecule has 0 aliphatic rings. The summed E-state index contributed by atoms with van der Waals surface area (Å²) in [5, 5.41) is 9.37. The molecule has 0 aliphatic carbocycles. The fraction of sp³-hybridized carbons (Fsp3) is 0.900. The highest BCUT2D eigenvalue weighted by atomic mass is 16.3. The van der Waals surface area contributed by atoms with E-state index in [0.717, 1.165) is 12.8 Å². The van der Waals surface area contributed by atoms with Gasteiger partial charge in [0.15, 0.2) is 0 Å². The maximum Gasteiger partial charge on any atom is 0.0591 e. The molecule has 1 nitrogen and oxygen atoms in total. The fourth-order valence-corrected chi connectivity index (χ4v) is 1.08. The van der Waals surface area contributed by atoms with Crippen molar-refractivity contribution in [3.05, 3.63) is 6.42 Å². The van der Waals surface area contributed by atoms with E-state index >= 15 is 0 Å². The average Bonchev–Trinajstić information content (AvgIpc) is 1.85. The Morgan fingerprint density at radius 2 is 1.82 bits per heavy atom. The van der Waals surface area contributed by atoms with Crippen LogP contribution < -0.4 is 0 Å². The Balaban J connectivity index is 3.02. The lowest BCUT2D eigenvalue weighted by atomic mass is 10.0. The van der Waals surface area contributed by atoms with Crippen LogP contribution in [0.25, 0.3) is 0 Å². The van der Waals surface area contributed by atoms with Gasteiger partial charge in [-0.15, -0.1) is 0 Å². The van der Waals surface area contributed by atoms with E-state index in [1.54, 1.807) is 0 Å². The Hall–Kier alpha value is -0.0400. The fourth-order valence-electron chi connectivity index (χ4n) is 1.08. The first kappa shape index (κ1) is 11.0. The molecule has 0 aromatic heterocycles. The normalized spacial score (nSPS) is 12.0. The Kier molecular flexibility index (Phi) is 5.57. The molecule has 67 valence electrons. The van der Waals surface area contributed by atoms with Gasteiger partial charge < -0.3 is 5.11 Å². The smallest absolute Gasteiger partial charge is 0.0591 e. The number of unbranched alkanes of at least 4 members (excludes halogenated alkanes) is 4. The van der Waals surface area contributed by atoms with E-state index in [2.05, 4.69) is 13.3 Å². The first-order chi connectivity index (χ1) is 5.06. The minimum absolute atomic E-state index is 0.462. The lowest BCUT2D eigenvalue weighted by molar-refractivity contribution is 0.0681. The maximum absolute atomic E-state index is 9.37. The Labute approximate surface area is 70.8 Å². The molecule has 0 saturated carbocycles. The van der Waals surface area contributed by atoms with E-state index in [4.69, 9.17) is 0 Å². The predicted octanol–water partition coefficient (Wildman–Crippen LogP) is 2.93. The van der Waals surface area contributed by atoms with Gasteiger partial charge in [0.1, 0.15) is 0 Å². The summed E-state index contributed by atoms with van der Waals surface area (Å²) in [6, 6.07) is 0. The van der Waals surface area contributed by atoms with Gasteiger partial charge in [0.05, 0.1) is 5.60 Å². The predicted molar refractivity (Wildman–Crippen MR) is 49.4 cm³/mol. The van der Waals surface area contributed by atoms with Crippen molar-refractivity contribution in [2.75, 3.05) is 0 Å². The summed E-state index contributed by atoms with van der Waals surface area (Å²) in [5.74, 6) is 0. The third kappa shape index (κ3) is 9.96. The number of hydrogen-bond donors (Lipinski definition) is 1. The van der Waals surface area contributed by atoms with E-state index in [1.165, 1.54) is 19.3 Å². The highest BCUT2D eigenvalue weighted by molar-refractivity contribution is 4.65. The summed E-state index contributed by atoms with van der Waals surface area (Å²) in [7, 11) is 0. The zero-order chi connectivity index (χ0) is 8.74. The van der Waals surface area contributed by atoms with Crippen LogP contribution in [0.15, 0.2) is 0 Å². The summed E-state index contributed by atoms with van der Waals surface area (Å²) >= 11 is 0. The highest BCUT2D eigenvalue weighted by Gasteiger charge is 2.10. The van der Waals surface area contributed by atoms with Gasteiger partial charge in [0, 0.05) is 0 Å². The molecule has 0 bridgehead atoms. The summed E-state index contributed by atoms with van der Waals surface area (Å²) < 4.78 is 0. The van der Waals surface area contributed by atoms with Gasteiger partial charge in [-0.05, 0) is 26.7 Å². The molecule has 0 rings (SSSR count). The second-order valence-corrected chi connectivity index (χ2v) is 3.82. The topological polar surface area (TPSA) is 20.2 Å². The van der Waals surface area contributed by atoms with E-state index in [9.17, 15) is 5.11 Å². The van der Waals surface area contributed by atoms with Crippen LogP contribution in [0.5, 0.6) is 0 Å². The maximum atomic E-state index is 9.37. The van der Waals surface area contributed by atoms with Crippen molar-refractivity contribution in [2.24, 2.45) is 0 Å². The molecule has 0 spiro atoms. The quantitative estimate of drug-likeness (QED) is 0.588. The van der Waals surface area contributed by atoms with E-state index in [1.807, 2.05) is 13.8 Å². The van der Waals surface area contributed by atoms with Crippen LogP contribution >= 0.6 is 0 Å². The van der Waals surface area contributed by atoms with Crippen LogP contribution in [-0.4, -0.2) is 10.7 Å². The first-order valence-corrected chi connectivity index (χ1v) is 4.56. The summed E-state index contributed by atoms with van der Waals surface area (Å²) in [6.45, 7) is 5.84. The van der Waals surface area contributed by atoms with Crippen molar-refractivity contribution in [2.45, 2.75) is 58.5 Å². The van der Waals surface area contributed by atoms with Crippen molar-refractivity contribution >= 4 is 0 Å². The van der Waals surface area contributed by atoms with E-state index in [0.29, 0.717) is 0 Å². The SMILES string of the molecule is C[CH]CCCCCC(C)(C)O. The van der Waals surface area contributed by atoms with Crippen LogP contribution in [0.2, 0.25) is 0 Å². The molecule has 0 aromatic carbocycles. The van der Waals surface area contributed by atoms with Crippen LogP contribution in [0.3, 0.4) is 0 Å². The number of rotatable bonds is 6. The van der Waals surface area contributed by atoms with Crippen LogP contribution in [0.4, 0.5) is 0 Å². The Morgan fingerprint density at radius 3 is 2.27 bits per heavy atom. The molecular weight excluding hydrogens is 136 g/mol. The molecule has 0 amide bonds.